The average Bonchev–Trinajstić information content (AvgIpc) is 3.60. The average molecular weight is 559 g/mol. The Bertz CT molecular complexity index is 1830. The van der Waals surface area contributed by atoms with Crippen LogP contribution in [0.2, 0.25) is 0 Å². The number of carbonyl (C=O) groups excluding carboxylic acids is 1. The lowest BCUT2D eigenvalue weighted by Gasteiger charge is -2.20. The predicted octanol–water partition coefficient (Wildman–Crippen LogP) is 5.37. The third-order valence-electron chi connectivity index (χ3n) is 7.34. The van der Waals surface area contributed by atoms with Gasteiger partial charge < -0.3 is 10.5 Å². The van der Waals surface area contributed by atoms with Gasteiger partial charge in [-0.05, 0) is 91.1 Å². The first-order valence-electron chi connectivity index (χ1n) is 12.9. The molecule has 1 saturated heterocycles. The molecule has 2 N–H and O–H groups in total. The highest BCUT2D eigenvalue weighted by atomic mass is 32.2. The topological polar surface area (TPSA) is 108 Å². The molecule has 0 saturated carbocycles. The lowest BCUT2D eigenvalue weighted by atomic mass is 10.0. The van der Waals surface area contributed by atoms with Crippen molar-refractivity contribution in [3.63, 3.8) is 0 Å². The second-order valence-corrected chi connectivity index (χ2v) is 12.1. The van der Waals surface area contributed by atoms with E-state index in [1.807, 2.05) is 32.1 Å². The lowest BCUT2D eigenvalue weighted by Crippen LogP contribution is -2.26. The molecular formula is C30H27FN4O4S. The summed E-state index contributed by atoms with van der Waals surface area (Å²) in [6, 6.07) is 15.2. The number of anilines is 2. The molecule has 1 aromatic heterocycles. The number of fused-ring (bicyclic) bond motifs is 1. The number of Topliss-reactive ketones (excluding diaryl/α,β-unsaturated/α-hetero) is 1. The van der Waals surface area contributed by atoms with Crippen LogP contribution in [0, 0.1) is 19.7 Å². The van der Waals surface area contributed by atoms with Crippen LogP contribution in [-0.4, -0.2) is 36.3 Å². The quantitative estimate of drug-likeness (QED) is 0.319. The number of para-hydroxylation sites is 1. The summed E-state index contributed by atoms with van der Waals surface area (Å²) in [5, 5.41) is 4.38. The van der Waals surface area contributed by atoms with Gasteiger partial charge in [-0.15, -0.1) is 0 Å². The molecule has 0 bridgehead atoms. The molecule has 6 rings (SSSR count). The molecule has 1 fully saturated rings. The number of halogens is 1. The van der Waals surface area contributed by atoms with Crippen molar-refractivity contribution in [3.8, 4) is 17.2 Å². The number of ether oxygens (including phenoxy) is 1. The van der Waals surface area contributed by atoms with Crippen LogP contribution in [0.25, 0.3) is 11.8 Å². The second kappa shape index (κ2) is 9.63. The van der Waals surface area contributed by atoms with Crippen LogP contribution < -0.4 is 14.8 Å². The normalized spacial score (nSPS) is 15.7. The summed E-state index contributed by atoms with van der Waals surface area (Å²) < 4.78 is 47.6. The summed E-state index contributed by atoms with van der Waals surface area (Å²) in [5.74, 6) is 0.239. The van der Waals surface area contributed by atoms with Gasteiger partial charge in [-0.3, -0.25) is 9.10 Å². The van der Waals surface area contributed by atoms with Gasteiger partial charge in [0.2, 0.25) is 10.0 Å². The minimum absolute atomic E-state index is 0.122. The van der Waals surface area contributed by atoms with Gasteiger partial charge in [0, 0.05) is 18.5 Å². The number of nitrogens with zero attached hydrogens (tertiary/aromatic N) is 3. The van der Waals surface area contributed by atoms with E-state index in [1.165, 1.54) is 21.3 Å². The molecule has 2 aliphatic rings. The van der Waals surface area contributed by atoms with Crippen molar-refractivity contribution < 1.29 is 22.3 Å². The van der Waals surface area contributed by atoms with Crippen molar-refractivity contribution in [1.82, 2.24) is 9.78 Å². The predicted molar refractivity (Wildman–Crippen MR) is 152 cm³/mol. The van der Waals surface area contributed by atoms with Gasteiger partial charge in [-0.25, -0.2) is 17.5 Å². The number of rotatable bonds is 6. The molecule has 2 heterocycles. The Hall–Kier alpha value is -4.44. The number of ketones is 1. The van der Waals surface area contributed by atoms with Crippen LogP contribution in [0.3, 0.4) is 0 Å². The zero-order valence-electron chi connectivity index (χ0n) is 22.0. The van der Waals surface area contributed by atoms with Gasteiger partial charge in [-0.1, -0.05) is 12.1 Å². The number of aryl methyl sites for hydroxylation is 2. The van der Waals surface area contributed by atoms with E-state index < -0.39 is 15.8 Å². The summed E-state index contributed by atoms with van der Waals surface area (Å²) in [5.41, 5.74) is 12.0. The number of hydrogen-bond donors (Lipinski definition) is 1. The van der Waals surface area contributed by atoms with Crippen molar-refractivity contribution in [2.24, 2.45) is 0 Å². The highest BCUT2D eigenvalue weighted by Gasteiger charge is 2.31. The number of aromatic nitrogens is 2. The molecule has 0 amide bonds. The Morgan fingerprint density at radius 1 is 1.05 bits per heavy atom. The van der Waals surface area contributed by atoms with E-state index in [1.54, 1.807) is 36.4 Å². The van der Waals surface area contributed by atoms with Crippen LogP contribution in [0.15, 0.2) is 66.4 Å². The molecule has 10 heteroatoms. The van der Waals surface area contributed by atoms with Crippen molar-refractivity contribution in [2.45, 2.75) is 26.7 Å². The van der Waals surface area contributed by atoms with E-state index >= 15 is 0 Å². The maximum absolute atomic E-state index is 14.0. The standard InChI is InChI=1S/C30H27FN4O4S/c1-18-12-20-14-22(15-21(20)16-27(18)34-10-5-11-40(34,37)38)29(36)24-17-33-35(30(24)32)26-9-8-23(13-19(26)2)39-28-7-4-3-6-25(28)31/h3-4,6-9,12-14,16-17H,5,10-11,15,32H2,1-2H3. The minimum atomic E-state index is -3.31. The maximum atomic E-state index is 14.0. The summed E-state index contributed by atoms with van der Waals surface area (Å²) in [6.45, 7) is 4.20. The smallest absolute Gasteiger partial charge is 0.235 e. The monoisotopic (exact) mass is 558 g/mol. The van der Waals surface area contributed by atoms with E-state index in [0.29, 0.717) is 42.1 Å². The Kier molecular flexibility index (Phi) is 6.22. The van der Waals surface area contributed by atoms with Crippen molar-refractivity contribution >= 4 is 33.4 Å². The second-order valence-electron chi connectivity index (χ2n) is 10.1. The van der Waals surface area contributed by atoms with E-state index in [-0.39, 0.29) is 28.7 Å². The largest absolute Gasteiger partial charge is 0.454 e. The fraction of sp³-hybridized carbons (Fsp3) is 0.200. The third-order valence-corrected chi connectivity index (χ3v) is 9.20. The molecule has 3 aromatic carbocycles. The number of nitrogen functional groups attached to an aromatic ring is 1. The highest BCUT2D eigenvalue weighted by molar-refractivity contribution is 7.93. The summed E-state index contributed by atoms with van der Waals surface area (Å²) in [4.78, 5) is 13.5. The minimum Gasteiger partial charge on any atom is -0.454 e. The first-order chi connectivity index (χ1) is 19.1. The van der Waals surface area contributed by atoms with E-state index in [2.05, 4.69) is 5.10 Å². The fourth-order valence-electron chi connectivity index (χ4n) is 5.30. The van der Waals surface area contributed by atoms with Gasteiger partial charge in [0.1, 0.15) is 11.6 Å². The molecule has 0 radical (unpaired) electrons. The van der Waals surface area contributed by atoms with Gasteiger partial charge >= 0.3 is 0 Å². The van der Waals surface area contributed by atoms with E-state index in [9.17, 15) is 17.6 Å². The molecule has 40 heavy (non-hydrogen) atoms. The van der Waals surface area contributed by atoms with Crippen LogP contribution >= 0.6 is 0 Å². The summed E-state index contributed by atoms with van der Waals surface area (Å²) >= 11 is 0. The van der Waals surface area contributed by atoms with Crippen LogP contribution in [-0.2, 0) is 16.4 Å². The molecule has 1 aliphatic heterocycles. The fourth-order valence-corrected chi connectivity index (χ4v) is 6.92. The number of hydrogen-bond acceptors (Lipinski definition) is 6. The van der Waals surface area contributed by atoms with Crippen molar-refractivity contribution in [3.05, 3.63) is 100 Å². The SMILES string of the molecule is Cc1cc2c(cc1N1CCCS1(=O)=O)CC(C(=O)c1cnn(-c3ccc(Oc4ccccc4F)cc3C)c1N)=C2. The molecule has 0 unspecified atom stereocenters. The molecule has 0 atom stereocenters. The Morgan fingerprint density at radius 2 is 1.82 bits per heavy atom. The van der Waals surface area contributed by atoms with Crippen LogP contribution in [0.1, 0.15) is 39.0 Å². The number of sulfonamides is 1. The first kappa shape index (κ1) is 25.8. The molecule has 4 aromatic rings. The first-order valence-corrected chi connectivity index (χ1v) is 14.5. The van der Waals surface area contributed by atoms with Gasteiger partial charge in [-0.2, -0.15) is 5.10 Å². The van der Waals surface area contributed by atoms with E-state index in [0.717, 1.165) is 22.3 Å². The number of carbonyl (C=O) groups is 1. The van der Waals surface area contributed by atoms with Crippen LogP contribution in [0.4, 0.5) is 15.9 Å². The third kappa shape index (κ3) is 4.44. The van der Waals surface area contributed by atoms with Crippen molar-refractivity contribution in [1.29, 1.82) is 0 Å². The van der Waals surface area contributed by atoms with Gasteiger partial charge in [0.05, 0.1) is 28.9 Å². The molecule has 8 nitrogen and oxygen atoms in total. The summed E-state index contributed by atoms with van der Waals surface area (Å²) in [6.07, 6.45) is 4.27. The zero-order chi connectivity index (χ0) is 28.2. The molecule has 1 aliphatic carbocycles. The Labute approximate surface area is 231 Å². The molecular weight excluding hydrogens is 531 g/mol. The Morgan fingerprint density at radius 3 is 2.55 bits per heavy atom. The Balaban J connectivity index is 1.24. The number of allylic oxidation sites excluding steroid dienone is 1. The number of nitrogens with two attached hydrogens (primary N) is 1. The number of benzene rings is 3. The maximum Gasteiger partial charge on any atom is 0.235 e. The van der Waals surface area contributed by atoms with Crippen LogP contribution in [0.5, 0.6) is 11.5 Å². The van der Waals surface area contributed by atoms with E-state index in [4.69, 9.17) is 10.5 Å². The van der Waals surface area contributed by atoms with Crippen molar-refractivity contribution in [2.75, 3.05) is 22.3 Å². The zero-order valence-corrected chi connectivity index (χ0v) is 22.8. The molecule has 0 spiro atoms. The molecule has 204 valence electrons. The van der Waals surface area contributed by atoms with Gasteiger partial charge in [0.15, 0.2) is 17.3 Å². The highest BCUT2D eigenvalue weighted by Crippen LogP contribution is 2.36. The summed E-state index contributed by atoms with van der Waals surface area (Å²) in [7, 11) is -3.31. The lowest BCUT2D eigenvalue weighted by molar-refractivity contribution is 0.103. The van der Waals surface area contributed by atoms with Gasteiger partial charge in [0.25, 0.3) is 0 Å².